The smallest absolute Gasteiger partial charge is 0.407 e. The van der Waals surface area contributed by atoms with Gasteiger partial charge in [0.15, 0.2) is 0 Å². The van der Waals surface area contributed by atoms with Gasteiger partial charge in [-0.15, -0.1) is 0 Å². The SMILES string of the molecule is CC1(C(O)CCCCCCCCCCOCc2ccccc2)CN(C(=O)O)CCN(C(=O)O)CCNCCN1C(=O)O. The summed E-state index contributed by atoms with van der Waals surface area (Å²) < 4.78 is 5.73. The lowest BCUT2D eigenvalue weighted by Gasteiger charge is -2.45. The third kappa shape index (κ3) is 12.4. The molecule has 1 saturated heterocycles. The minimum absolute atomic E-state index is 0.0285. The fraction of sp³-hybridized carbons (Fsp3) is 0.700. The molecule has 0 radical (unpaired) electrons. The molecule has 0 aliphatic carbocycles. The predicted octanol–water partition coefficient (Wildman–Crippen LogP) is 4.38. The minimum Gasteiger partial charge on any atom is -0.465 e. The molecule has 1 heterocycles. The van der Waals surface area contributed by atoms with E-state index in [4.69, 9.17) is 4.74 Å². The summed E-state index contributed by atoms with van der Waals surface area (Å²) in [6.07, 6.45) is 3.65. The molecule has 1 fully saturated rings. The summed E-state index contributed by atoms with van der Waals surface area (Å²) >= 11 is 0. The molecule has 0 spiro atoms. The van der Waals surface area contributed by atoms with Gasteiger partial charge in [0.1, 0.15) is 0 Å². The third-order valence-corrected chi connectivity index (χ3v) is 7.96. The van der Waals surface area contributed by atoms with Gasteiger partial charge >= 0.3 is 18.3 Å². The number of amides is 3. The largest absolute Gasteiger partial charge is 0.465 e. The van der Waals surface area contributed by atoms with Gasteiger partial charge in [-0.3, -0.25) is 4.90 Å². The predicted molar refractivity (Wildman–Crippen MR) is 159 cm³/mol. The zero-order valence-corrected chi connectivity index (χ0v) is 25.0. The van der Waals surface area contributed by atoms with Gasteiger partial charge in [0.05, 0.1) is 18.2 Å². The lowest BCUT2D eigenvalue weighted by Crippen LogP contribution is -2.64. The van der Waals surface area contributed by atoms with Gasteiger partial charge < -0.3 is 40.3 Å². The number of carboxylic acid groups (broad SMARTS) is 3. The Bertz CT molecular complexity index is 937. The number of rotatable bonds is 14. The van der Waals surface area contributed by atoms with Crippen molar-refractivity contribution in [3.05, 3.63) is 35.9 Å². The van der Waals surface area contributed by atoms with Crippen LogP contribution in [0.25, 0.3) is 0 Å². The van der Waals surface area contributed by atoms with Crippen molar-refractivity contribution in [1.82, 2.24) is 20.0 Å². The van der Waals surface area contributed by atoms with Crippen LogP contribution in [0.4, 0.5) is 14.4 Å². The maximum absolute atomic E-state index is 12.3. The van der Waals surface area contributed by atoms with Crippen LogP contribution in [-0.4, -0.2) is 117 Å². The highest BCUT2D eigenvalue weighted by molar-refractivity contribution is 5.68. The second-order valence-electron chi connectivity index (χ2n) is 11.2. The molecule has 42 heavy (non-hydrogen) atoms. The zero-order chi connectivity index (χ0) is 30.8. The van der Waals surface area contributed by atoms with E-state index in [2.05, 4.69) is 17.4 Å². The van der Waals surface area contributed by atoms with E-state index in [-0.39, 0.29) is 39.3 Å². The first-order valence-electron chi connectivity index (χ1n) is 15.1. The van der Waals surface area contributed by atoms with Gasteiger partial charge in [0.25, 0.3) is 0 Å². The van der Waals surface area contributed by atoms with Gasteiger partial charge in [0, 0.05) is 52.4 Å². The second kappa shape index (κ2) is 19.2. The van der Waals surface area contributed by atoms with Crippen molar-refractivity contribution in [2.24, 2.45) is 0 Å². The van der Waals surface area contributed by atoms with Gasteiger partial charge in [-0.1, -0.05) is 75.3 Å². The van der Waals surface area contributed by atoms with Gasteiger partial charge in [-0.2, -0.15) is 0 Å². The van der Waals surface area contributed by atoms with Gasteiger partial charge in [-0.05, 0) is 25.3 Å². The molecule has 1 aromatic carbocycles. The van der Waals surface area contributed by atoms with E-state index in [1.165, 1.54) is 5.56 Å². The van der Waals surface area contributed by atoms with Crippen LogP contribution in [0.2, 0.25) is 0 Å². The fourth-order valence-electron chi connectivity index (χ4n) is 5.32. The van der Waals surface area contributed by atoms with Crippen LogP contribution in [0.5, 0.6) is 0 Å². The Labute approximate surface area is 249 Å². The summed E-state index contributed by atoms with van der Waals surface area (Å²) in [5, 5.41) is 43.6. The molecule has 2 rings (SSSR count). The lowest BCUT2D eigenvalue weighted by atomic mass is 9.87. The summed E-state index contributed by atoms with van der Waals surface area (Å²) in [6.45, 7) is 3.25. The maximum atomic E-state index is 12.3. The molecule has 238 valence electrons. The number of aliphatic hydroxyl groups is 1. The van der Waals surface area contributed by atoms with E-state index >= 15 is 0 Å². The standard InChI is InChI=1S/C30H50N4O8/c1-30(24-33(28(38)39)21-20-32(27(36)37)18-16-31-17-19-34(30)29(40)41)26(35)15-11-6-4-2-3-5-7-12-22-42-23-25-13-9-8-10-14-25/h8-10,13-14,26,31,35H,2-7,11-12,15-24H2,1H3,(H,36,37)(H,38,39)(H,40,41). The Morgan fingerprint density at radius 2 is 1.38 bits per heavy atom. The quantitative estimate of drug-likeness (QED) is 0.197. The van der Waals surface area contributed by atoms with E-state index in [0.29, 0.717) is 26.0 Å². The summed E-state index contributed by atoms with van der Waals surface area (Å²) in [7, 11) is 0. The van der Waals surface area contributed by atoms with Gasteiger partial charge in [-0.25, -0.2) is 14.4 Å². The number of ether oxygens (including phenoxy) is 1. The topological polar surface area (TPSA) is 163 Å². The van der Waals surface area contributed by atoms with E-state index in [9.17, 15) is 34.8 Å². The highest BCUT2D eigenvalue weighted by Gasteiger charge is 2.44. The van der Waals surface area contributed by atoms with Crippen LogP contribution in [0, 0.1) is 0 Å². The molecule has 1 aliphatic heterocycles. The normalized spacial score (nSPS) is 19.5. The number of nitrogens with zero attached hydrogens (tertiary/aromatic N) is 3. The molecular weight excluding hydrogens is 544 g/mol. The number of unbranched alkanes of at least 4 members (excludes halogenated alkanes) is 7. The van der Waals surface area contributed by atoms with Crippen molar-refractivity contribution < 1.29 is 39.5 Å². The summed E-state index contributed by atoms with van der Waals surface area (Å²) in [4.78, 5) is 39.1. The maximum Gasteiger partial charge on any atom is 0.407 e. The molecule has 1 aliphatic rings. The molecule has 2 atom stereocenters. The third-order valence-electron chi connectivity index (χ3n) is 7.96. The molecule has 5 N–H and O–H groups in total. The van der Waals surface area contributed by atoms with Crippen molar-refractivity contribution in [3.63, 3.8) is 0 Å². The molecular formula is C30H50N4O8. The Hall–Kier alpha value is -3.09. The summed E-state index contributed by atoms with van der Waals surface area (Å²) in [5.41, 5.74) is -0.219. The van der Waals surface area contributed by atoms with Crippen LogP contribution in [0.15, 0.2) is 30.3 Å². The summed E-state index contributed by atoms with van der Waals surface area (Å²) in [6, 6.07) is 10.1. The number of carbonyl (C=O) groups is 3. The first kappa shape index (κ1) is 35.1. The minimum atomic E-state index is -1.40. The number of aliphatic hydroxyl groups excluding tert-OH is 1. The Balaban J connectivity index is 1.79. The van der Waals surface area contributed by atoms with E-state index in [1.807, 2.05) is 18.2 Å². The number of nitrogens with one attached hydrogen (secondary N) is 1. The van der Waals surface area contributed by atoms with E-state index in [0.717, 1.165) is 66.3 Å². The second-order valence-corrected chi connectivity index (χ2v) is 11.2. The molecule has 12 nitrogen and oxygen atoms in total. The molecule has 0 aromatic heterocycles. The number of hydrogen-bond acceptors (Lipinski definition) is 6. The molecule has 1 aromatic rings. The number of benzene rings is 1. The van der Waals surface area contributed by atoms with Crippen LogP contribution >= 0.6 is 0 Å². The molecule has 12 heteroatoms. The van der Waals surface area contributed by atoms with E-state index < -0.39 is 29.9 Å². The first-order valence-corrected chi connectivity index (χ1v) is 15.1. The highest BCUT2D eigenvalue weighted by atomic mass is 16.5. The van der Waals surface area contributed by atoms with Crippen LogP contribution in [0.3, 0.4) is 0 Å². The zero-order valence-electron chi connectivity index (χ0n) is 25.0. The van der Waals surface area contributed by atoms with Crippen molar-refractivity contribution in [2.75, 3.05) is 52.4 Å². The highest BCUT2D eigenvalue weighted by Crippen LogP contribution is 2.26. The molecule has 2 unspecified atom stereocenters. The first-order chi connectivity index (χ1) is 20.1. The van der Waals surface area contributed by atoms with Crippen LogP contribution in [-0.2, 0) is 11.3 Å². The van der Waals surface area contributed by atoms with Gasteiger partial charge in [0.2, 0.25) is 0 Å². The average molecular weight is 595 g/mol. The Morgan fingerprint density at radius 1 is 0.810 bits per heavy atom. The van der Waals surface area contributed by atoms with Crippen molar-refractivity contribution in [3.8, 4) is 0 Å². The Kier molecular flexibility index (Phi) is 16.0. The summed E-state index contributed by atoms with van der Waals surface area (Å²) in [5.74, 6) is 0. The molecule has 0 bridgehead atoms. The lowest BCUT2D eigenvalue weighted by molar-refractivity contribution is -0.0341. The number of hydrogen-bond donors (Lipinski definition) is 5. The van der Waals surface area contributed by atoms with Crippen LogP contribution < -0.4 is 5.32 Å². The fourth-order valence-corrected chi connectivity index (χ4v) is 5.32. The van der Waals surface area contributed by atoms with Crippen molar-refractivity contribution in [1.29, 1.82) is 0 Å². The van der Waals surface area contributed by atoms with Crippen molar-refractivity contribution >= 4 is 18.3 Å². The molecule has 3 amide bonds. The Morgan fingerprint density at radius 3 is 2.00 bits per heavy atom. The molecule has 0 saturated carbocycles. The van der Waals surface area contributed by atoms with E-state index in [1.54, 1.807) is 6.92 Å². The van der Waals surface area contributed by atoms with Crippen LogP contribution in [0.1, 0.15) is 70.3 Å². The van der Waals surface area contributed by atoms with Crippen molar-refractivity contribution in [2.45, 2.75) is 83.0 Å². The monoisotopic (exact) mass is 594 g/mol. The average Bonchev–Trinajstić information content (AvgIpc) is 2.95.